The Morgan fingerprint density at radius 3 is 2.53 bits per heavy atom. The molecule has 2 aromatic heterocycles. The maximum atomic E-state index is 12.9. The number of para-hydroxylation sites is 1. The van der Waals surface area contributed by atoms with Crippen LogP contribution in [0.3, 0.4) is 0 Å². The molecule has 2 N–H and O–H groups in total. The normalized spacial score (nSPS) is 15.1. The fourth-order valence-electron chi connectivity index (χ4n) is 3.86. The Morgan fingerprint density at radius 2 is 1.94 bits per heavy atom. The van der Waals surface area contributed by atoms with Crippen LogP contribution in [0, 0.1) is 5.41 Å². The molecule has 0 spiro atoms. The zero-order chi connectivity index (χ0) is 26.3. The molecule has 0 saturated carbocycles. The maximum absolute atomic E-state index is 12.9. The van der Waals surface area contributed by atoms with E-state index in [1.165, 1.54) is 12.0 Å². The van der Waals surface area contributed by atoms with E-state index in [9.17, 15) is 9.59 Å². The van der Waals surface area contributed by atoms with Gasteiger partial charge in [0.15, 0.2) is 23.1 Å². The summed E-state index contributed by atoms with van der Waals surface area (Å²) >= 11 is 0. The van der Waals surface area contributed by atoms with Crippen molar-refractivity contribution < 1.29 is 14.3 Å². The number of nitrogens with zero attached hydrogens (tertiary/aromatic N) is 6. The molecule has 0 unspecified atom stereocenters. The highest BCUT2D eigenvalue weighted by molar-refractivity contribution is 6.60. The van der Waals surface area contributed by atoms with E-state index in [0.717, 1.165) is 0 Å². The van der Waals surface area contributed by atoms with Crippen LogP contribution in [0.2, 0.25) is 0 Å². The average Bonchev–Trinajstić information content (AvgIpc) is 3.34. The number of benzene rings is 1. The first-order valence-corrected chi connectivity index (χ1v) is 11.1. The van der Waals surface area contributed by atoms with E-state index >= 15 is 0 Å². The van der Waals surface area contributed by atoms with Gasteiger partial charge in [-0.1, -0.05) is 25.2 Å². The molecule has 14 heteroatoms. The van der Waals surface area contributed by atoms with Gasteiger partial charge in [0.25, 0.3) is 5.91 Å². The molecule has 6 radical (unpaired) electrons. The van der Waals surface area contributed by atoms with Crippen LogP contribution in [0.15, 0.2) is 30.6 Å². The van der Waals surface area contributed by atoms with E-state index in [0.29, 0.717) is 35.8 Å². The second kappa shape index (κ2) is 9.32. The minimum Gasteiger partial charge on any atom is -0.494 e. The first-order valence-electron chi connectivity index (χ1n) is 11.1. The van der Waals surface area contributed by atoms with Gasteiger partial charge < -0.3 is 15.4 Å². The molecule has 2 amide bonds. The van der Waals surface area contributed by atoms with Gasteiger partial charge in [-0.2, -0.15) is 5.10 Å². The van der Waals surface area contributed by atoms with E-state index in [4.69, 9.17) is 28.3 Å². The highest BCUT2D eigenvalue weighted by Crippen LogP contribution is 2.38. The van der Waals surface area contributed by atoms with Gasteiger partial charge in [-0.3, -0.25) is 19.2 Å². The summed E-state index contributed by atoms with van der Waals surface area (Å²) in [6.07, 6.45) is 2.23. The number of methoxy groups -OCH3 is 1. The van der Waals surface area contributed by atoms with Gasteiger partial charge >= 0.3 is 0 Å². The van der Waals surface area contributed by atoms with Gasteiger partial charge in [-0.25, -0.2) is 4.98 Å². The standard InChI is InChI=1S/C22H23B3N8O3/c1-21(2)8-9-33(20(21)35)15-10-14(16(30-29-15)19(34)28-22(23,24)25)27-13-7-5-6-12(17(13)36-4)18-26-11-32(3)31-18/h5-7,10-11H,8-9H2,1-4H3,(H,27,29)(H,28,34). The second-order valence-corrected chi connectivity index (χ2v) is 9.20. The number of ether oxygens (including phenoxy) is 1. The van der Waals surface area contributed by atoms with E-state index < -0.39 is 16.6 Å². The van der Waals surface area contributed by atoms with Gasteiger partial charge in [0.1, 0.15) is 6.33 Å². The summed E-state index contributed by atoms with van der Waals surface area (Å²) < 4.78 is 7.23. The Labute approximate surface area is 212 Å². The molecule has 3 heterocycles. The summed E-state index contributed by atoms with van der Waals surface area (Å²) in [5.41, 5.74) is 0.666. The number of carbonyl (C=O) groups excluding carboxylic acids is 2. The number of nitrogens with one attached hydrogen (secondary N) is 2. The molecule has 0 atom stereocenters. The Balaban J connectivity index is 1.78. The molecule has 11 nitrogen and oxygen atoms in total. The molecular weight excluding hydrogens is 457 g/mol. The third kappa shape index (κ3) is 5.07. The van der Waals surface area contributed by atoms with Crippen molar-refractivity contribution in [3.05, 3.63) is 36.3 Å². The van der Waals surface area contributed by atoms with Crippen molar-refractivity contribution in [2.24, 2.45) is 12.5 Å². The lowest BCUT2D eigenvalue weighted by molar-refractivity contribution is -0.124. The van der Waals surface area contributed by atoms with Crippen molar-refractivity contribution in [1.29, 1.82) is 0 Å². The van der Waals surface area contributed by atoms with Crippen LogP contribution in [0.4, 0.5) is 17.2 Å². The van der Waals surface area contributed by atoms with Crippen LogP contribution in [0.25, 0.3) is 11.4 Å². The quantitative estimate of drug-likeness (QED) is 0.472. The van der Waals surface area contributed by atoms with Crippen molar-refractivity contribution in [2.75, 3.05) is 23.9 Å². The largest absolute Gasteiger partial charge is 0.494 e. The van der Waals surface area contributed by atoms with E-state index in [2.05, 4.69) is 30.9 Å². The fourth-order valence-corrected chi connectivity index (χ4v) is 3.86. The van der Waals surface area contributed by atoms with Crippen molar-refractivity contribution in [2.45, 2.75) is 25.5 Å². The molecule has 1 aliphatic heterocycles. The predicted octanol–water partition coefficient (Wildman–Crippen LogP) is 0.634. The van der Waals surface area contributed by atoms with Crippen LogP contribution in [0.5, 0.6) is 5.75 Å². The topological polar surface area (TPSA) is 127 Å². The number of aromatic nitrogens is 5. The molecule has 1 saturated heterocycles. The Kier molecular flexibility index (Phi) is 6.55. The number of hydrogen-bond acceptors (Lipinski definition) is 8. The number of carbonyl (C=O) groups is 2. The summed E-state index contributed by atoms with van der Waals surface area (Å²) in [7, 11) is 19.9. The summed E-state index contributed by atoms with van der Waals surface area (Å²) in [4.78, 5) is 31.6. The summed E-state index contributed by atoms with van der Waals surface area (Å²) in [6.45, 7) is 4.21. The second-order valence-electron chi connectivity index (χ2n) is 9.20. The fraction of sp³-hybridized carbons (Fsp3) is 0.364. The van der Waals surface area contributed by atoms with Crippen molar-refractivity contribution in [3.8, 4) is 17.1 Å². The Hall–Kier alpha value is -3.83. The molecule has 3 aromatic rings. The zero-order valence-corrected chi connectivity index (χ0v) is 20.4. The molecule has 178 valence electrons. The summed E-state index contributed by atoms with van der Waals surface area (Å²) in [6, 6.07) is 6.89. The molecular formula is C22H23B3N8O3. The summed E-state index contributed by atoms with van der Waals surface area (Å²) in [5.74, 6) is 0.307. The van der Waals surface area contributed by atoms with Gasteiger partial charge in [0.2, 0.25) is 5.91 Å². The molecule has 1 fully saturated rings. The molecule has 4 rings (SSSR count). The van der Waals surface area contributed by atoms with Crippen LogP contribution >= 0.6 is 0 Å². The maximum Gasteiger partial charge on any atom is 0.272 e. The van der Waals surface area contributed by atoms with Gasteiger partial charge in [0, 0.05) is 25.1 Å². The smallest absolute Gasteiger partial charge is 0.272 e. The molecule has 1 aliphatic rings. The SMILES string of the molecule is [B]C([B])([B])NC(=O)c1nnc(N2CCC(C)(C)C2=O)cc1Nc1cccc(-c2ncn(C)n2)c1OC. The monoisotopic (exact) mass is 480 g/mol. The number of aryl methyl sites for hydroxylation is 1. The highest BCUT2D eigenvalue weighted by atomic mass is 16.5. The van der Waals surface area contributed by atoms with Gasteiger partial charge in [0.05, 0.1) is 47.6 Å². The van der Waals surface area contributed by atoms with Crippen molar-refractivity contribution in [1.82, 2.24) is 30.3 Å². The minimum absolute atomic E-state index is 0.0920. The van der Waals surface area contributed by atoms with Crippen molar-refractivity contribution >= 4 is 52.5 Å². The molecule has 1 aromatic carbocycles. The van der Waals surface area contributed by atoms with Gasteiger partial charge in [-0.05, 0) is 18.6 Å². The summed E-state index contributed by atoms with van der Waals surface area (Å²) in [5, 5.41) is 16.0. The van der Waals surface area contributed by atoms with Crippen LogP contribution < -0.4 is 20.3 Å². The lowest BCUT2D eigenvalue weighted by Crippen LogP contribution is -2.50. The first kappa shape index (κ1) is 25.3. The molecule has 0 aliphatic carbocycles. The lowest BCUT2D eigenvalue weighted by atomic mass is 9.49. The third-order valence-electron chi connectivity index (χ3n) is 5.72. The number of amides is 2. The third-order valence-corrected chi connectivity index (χ3v) is 5.72. The van der Waals surface area contributed by atoms with Crippen molar-refractivity contribution in [3.63, 3.8) is 0 Å². The van der Waals surface area contributed by atoms with E-state index in [1.807, 2.05) is 13.8 Å². The highest BCUT2D eigenvalue weighted by Gasteiger charge is 2.40. The van der Waals surface area contributed by atoms with Gasteiger partial charge in [-0.15, -0.1) is 10.2 Å². The lowest BCUT2D eigenvalue weighted by Gasteiger charge is -2.24. The number of anilines is 3. The van der Waals surface area contributed by atoms with Crippen LogP contribution in [0.1, 0.15) is 30.8 Å². The predicted molar refractivity (Wildman–Crippen MR) is 137 cm³/mol. The van der Waals surface area contributed by atoms with Crippen LogP contribution in [-0.4, -0.2) is 79.2 Å². The van der Waals surface area contributed by atoms with E-state index in [1.54, 1.807) is 42.3 Å². The van der Waals surface area contributed by atoms with E-state index in [-0.39, 0.29) is 23.1 Å². The number of rotatable bonds is 7. The Morgan fingerprint density at radius 1 is 1.19 bits per heavy atom. The average molecular weight is 480 g/mol. The number of hydrogen-bond donors (Lipinski definition) is 2. The first-order chi connectivity index (χ1) is 16.9. The van der Waals surface area contributed by atoms with Crippen LogP contribution in [-0.2, 0) is 11.8 Å². The Bertz CT molecular complexity index is 1320. The minimum atomic E-state index is -1.98. The molecule has 36 heavy (non-hydrogen) atoms. The zero-order valence-electron chi connectivity index (χ0n) is 20.4. The molecule has 0 bridgehead atoms.